The molecule has 0 fully saturated rings. The zero-order valence-electron chi connectivity index (χ0n) is 8.83. The van der Waals surface area contributed by atoms with E-state index in [4.69, 9.17) is 0 Å². The highest BCUT2D eigenvalue weighted by molar-refractivity contribution is 7.79. The van der Waals surface area contributed by atoms with Crippen LogP contribution in [0.15, 0.2) is 10.7 Å². The first-order chi connectivity index (χ1) is 8.52. The average Bonchev–Trinajstić information content (AvgIpc) is 2.90. The Kier molecular flexibility index (Phi) is 3.12. The number of imidazole rings is 1. The van der Waals surface area contributed by atoms with Gasteiger partial charge in [-0.05, 0) is 10.1 Å². The zero-order chi connectivity index (χ0) is 13.3. The Morgan fingerprint density at radius 1 is 1.67 bits per heavy atom. The lowest BCUT2D eigenvalue weighted by Crippen LogP contribution is -2.14. The van der Waals surface area contributed by atoms with Crippen LogP contribution in [-0.4, -0.2) is 38.8 Å². The Morgan fingerprint density at radius 2 is 2.39 bits per heavy atom. The first kappa shape index (κ1) is 12.3. The summed E-state index contributed by atoms with van der Waals surface area (Å²) in [5, 5.41) is 19.0. The molecule has 11 nitrogen and oxygen atoms in total. The largest absolute Gasteiger partial charge is 0.358 e. The maximum absolute atomic E-state index is 11.3. The van der Waals surface area contributed by atoms with Gasteiger partial charge in [0.1, 0.15) is 6.20 Å². The van der Waals surface area contributed by atoms with Crippen molar-refractivity contribution in [1.82, 2.24) is 25.1 Å². The van der Waals surface area contributed by atoms with Gasteiger partial charge in [-0.25, -0.2) is 13.8 Å². The number of aromatic nitrogens is 5. The van der Waals surface area contributed by atoms with E-state index >= 15 is 0 Å². The molecule has 12 heteroatoms. The van der Waals surface area contributed by atoms with Crippen molar-refractivity contribution in [2.75, 3.05) is 0 Å². The molecule has 0 saturated heterocycles. The van der Waals surface area contributed by atoms with Gasteiger partial charge in [0, 0.05) is 0 Å². The molecule has 0 spiro atoms. The predicted molar refractivity (Wildman–Crippen MR) is 54.6 cm³/mol. The van der Waals surface area contributed by atoms with Crippen LogP contribution in [0.4, 0.5) is 5.82 Å². The summed E-state index contributed by atoms with van der Waals surface area (Å²) in [5.41, 5.74) is 0. The molecule has 0 aliphatic rings. The van der Waals surface area contributed by atoms with Crippen LogP contribution in [0.3, 0.4) is 0 Å². The highest BCUT2D eigenvalue weighted by atomic mass is 32.2. The van der Waals surface area contributed by atoms with E-state index in [1.807, 2.05) is 0 Å². The van der Waals surface area contributed by atoms with Crippen molar-refractivity contribution in [2.45, 2.75) is 5.25 Å². The third-order valence-electron chi connectivity index (χ3n) is 2.16. The van der Waals surface area contributed by atoms with Crippen molar-refractivity contribution < 1.29 is 18.2 Å². The smallest absolute Gasteiger partial charge is 0.342 e. The monoisotopic (exact) mass is 274 g/mol. The lowest BCUT2D eigenvalue weighted by Gasteiger charge is -2.04. The number of hydrogen-bond donors (Lipinski definition) is 1. The fourth-order valence-electron chi connectivity index (χ4n) is 1.36. The Hall–Kier alpha value is -2.21. The molecule has 0 radical (unpaired) electrons. The molecule has 0 amide bonds. The second kappa shape index (κ2) is 4.58. The van der Waals surface area contributed by atoms with Gasteiger partial charge in [0.05, 0.1) is 12.3 Å². The van der Waals surface area contributed by atoms with Crippen LogP contribution in [0.1, 0.15) is 17.0 Å². The maximum atomic E-state index is 11.3. The van der Waals surface area contributed by atoms with Crippen LogP contribution in [0.5, 0.6) is 0 Å². The van der Waals surface area contributed by atoms with E-state index in [2.05, 4.69) is 25.1 Å². The van der Waals surface area contributed by atoms with Crippen LogP contribution in [0.25, 0.3) is 0 Å². The first-order valence-electron chi connectivity index (χ1n) is 4.43. The van der Waals surface area contributed by atoms with Gasteiger partial charge in [-0.15, -0.1) is 0 Å². The molecule has 2 aromatic rings. The predicted octanol–water partition coefficient (Wildman–Crippen LogP) is -0.583. The summed E-state index contributed by atoms with van der Waals surface area (Å²) in [6.45, 7) is 0. The average molecular weight is 274 g/mol. The fraction of sp³-hybridized carbons (Fsp3) is 0.333. The van der Waals surface area contributed by atoms with E-state index in [1.54, 1.807) is 0 Å². The number of nitrogens with zero attached hydrogens (tertiary/aromatic N) is 6. The first-order valence-corrected chi connectivity index (χ1v) is 5.60. The van der Waals surface area contributed by atoms with E-state index in [1.165, 1.54) is 7.05 Å². The van der Waals surface area contributed by atoms with Crippen molar-refractivity contribution >= 4 is 16.9 Å². The summed E-state index contributed by atoms with van der Waals surface area (Å²) >= 11 is -2.44. The number of hydrogen-bond acceptors (Lipinski definition) is 8. The molecule has 2 heterocycles. The minimum absolute atomic E-state index is 0.0476. The summed E-state index contributed by atoms with van der Waals surface area (Å²) in [6.07, 6.45) is 0.971. The van der Waals surface area contributed by atoms with Crippen molar-refractivity contribution in [3.8, 4) is 0 Å². The fourth-order valence-corrected chi connectivity index (χ4v) is 2.02. The van der Waals surface area contributed by atoms with E-state index in [9.17, 15) is 18.9 Å². The maximum Gasteiger partial charge on any atom is 0.342 e. The minimum atomic E-state index is -2.44. The van der Waals surface area contributed by atoms with Gasteiger partial charge < -0.3 is 19.2 Å². The molecule has 96 valence electrons. The Morgan fingerprint density at radius 3 is 2.83 bits per heavy atom. The third kappa shape index (κ3) is 1.98. The van der Waals surface area contributed by atoms with Gasteiger partial charge in [0.25, 0.3) is 5.89 Å². The summed E-state index contributed by atoms with van der Waals surface area (Å²) in [5.74, 6) is -0.624. The van der Waals surface area contributed by atoms with Crippen molar-refractivity contribution in [3.63, 3.8) is 0 Å². The topological polar surface area (TPSA) is 150 Å². The molecule has 2 aromatic heterocycles. The van der Waals surface area contributed by atoms with Crippen molar-refractivity contribution in [2.24, 2.45) is 7.05 Å². The lowest BCUT2D eigenvalue weighted by atomic mass is 10.4. The Balaban J connectivity index is 2.51. The van der Waals surface area contributed by atoms with E-state index in [-0.39, 0.29) is 17.5 Å². The highest BCUT2D eigenvalue weighted by Crippen LogP contribution is 2.26. The standard InChI is InChI=1S/C6H6N6O5S/c1-11-3(12(13)14)2-7-5(11)4(18(15)16)6-8-9-10-17-6/h2,4H,1H3,(H,15,16). The molecule has 1 N–H and O–H groups in total. The molecule has 0 saturated carbocycles. The molecule has 0 aliphatic carbocycles. The summed E-state index contributed by atoms with van der Waals surface area (Å²) in [6, 6.07) is 0. The number of nitro groups is 1. The lowest BCUT2D eigenvalue weighted by molar-refractivity contribution is -0.391. The minimum Gasteiger partial charge on any atom is -0.358 e. The molecule has 0 aliphatic heterocycles. The molecular weight excluding hydrogens is 268 g/mol. The van der Waals surface area contributed by atoms with Gasteiger partial charge in [-0.1, -0.05) is 5.10 Å². The van der Waals surface area contributed by atoms with Crippen LogP contribution >= 0.6 is 0 Å². The molecule has 2 rings (SSSR count). The summed E-state index contributed by atoms with van der Waals surface area (Å²) < 4.78 is 26.1. The number of rotatable bonds is 4. The summed E-state index contributed by atoms with van der Waals surface area (Å²) in [7, 11) is 1.34. The van der Waals surface area contributed by atoms with E-state index in [0.29, 0.717) is 0 Å². The van der Waals surface area contributed by atoms with Crippen molar-refractivity contribution in [3.05, 3.63) is 28.0 Å². The molecule has 0 aromatic carbocycles. The van der Waals surface area contributed by atoms with E-state index < -0.39 is 21.3 Å². The van der Waals surface area contributed by atoms with Crippen molar-refractivity contribution in [1.29, 1.82) is 0 Å². The van der Waals surface area contributed by atoms with Gasteiger partial charge in [-0.2, -0.15) is 0 Å². The van der Waals surface area contributed by atoms with Gasteiger partial charge in [0.15, 0.2) is 11.1 Å². The normalized spacial score (nSPS) is 14.3. The molecule has 2 unspecified atom stereocenters. The molecule has 18 heavy (non-hydrogen) atoms. The third-order valence-corrected chi connectivity index (χ3v) is 2.98. The van der Waals surface area contributed by atoms with Gasteiger partial charge in [-0.3, -0.25) is 0 Å². The molecule has 2 atom stereocenters. The Bertz CT molecular complexity index is 594. The molecule has 0 bridgehead atoms. The Labute approximate surface area is 101 Å². The van der Waals surface area contributed by atoms with Crippen LogP contribution in [0, 0.1) is 10.1 Å². The van der Waals surface area contributed by atoms with Gasteiger partial charge in [0.2, 0.25) is 11.1 Å². The molecular formula is C6H6N6O5S. The quantitative estimate of drug-likeness (QED) is 0.438. The van der Waals surface area contributed by atoms with Crippen LogP contribution < -0.4 is 0 Å². The zero-order valence-corrected chi connectivity index (χ0v) is 9.64. The van der Waals surface area contributed by atoms with Crippen LogP contribution in [0.2, 0.25) is 0 Å². The summed E-state index contributed by atoms with van der Waals surface area (Å²) in [4.78, 5) is 13.7. The second-order valence-electron chi connectivity index (χ2n) is 3.15. The highest BCUT2D eigenvalue weighted by Gasteiger charge is 2.35. The van der Waals surface area contributed by atoms with Gasteiger partial charge >= 0.3 is 5.82 Å². The van der Waals surface area contributed by atoms with E-state index in [0.717, 1.165) is 10.8 Å². The SMILES string of the molecule is Cn1c([N+](=O)[O-])cnc1C(c1nnno1)S(=O)O. The second-order valence-corrected chi connectivity index (χ2v) is 4.17. The van der Waals surface area contributed by atoms with Crippen LogP contribution in [-0.2, 0) is 18.1 Å².